The summed E-state index contributed by atoms with van der Waals surface area (Å²) in [5.41, 5.74) is -0.137. The second-order valence-corrected chi connectivity index (χ2v) is 4.60. The molecule has 3 nitrogen and oxygen atoms in total. The fourth-order valence-electron chi connectivity index (χ4n) is 1.86. The third kappa shape index (κ3) is 4.12. The van der Waals surface area contributed by atoms with Crippen molar-refractivity contribution < 1.29 is 9.90 Å². The van der Waals surface area contributed by atoms with E-state index in [9.17, 15) is 9.90 Å². The van der Waals surface area contributed by atoms with Crippen LogP contribution in [0.5, 0.6) is 0 Å². The maximum atomic E-state index is 11.8. The van der Waals surface area contributed by atoms with Gasteiger partial charge in [0.05, 0.1) is 6.61 Å². The van der Waals surface area contributed by atoms with E-state index in [0.717, 1.165) is 25.7 Å². The SMILES string of the molecule is CCC(CC)C(=O)NCC(CC)(CC)CO. The van der Waals surface area contributed by atoms with Crippen molar-refractivity contribution in [2.75, 3.05) is 13.2 Å². The van der Waals surface area contributed by atoms with Gasteiger partial charge in [-0.05, 0) is 25.7 Å². The summed E-state index contributed by atoms with van der Waals surface area (Å²) in [6, 6.07) is 0. The Kier molecular flexibility index (Phi) is 7.39. The highest BCUT2D eigenvalue weighted by molar-refractivity contribution is 5.78. The van der Waals surface area contributed by atoms with Gasteiger partial charge in [-0.15, -0.1) is 0 Å². The van der Waals surface area contributed by atoms with Gasteiger partial charge in [0.15, 0.2) is 0 Å². The molecule has 16 heavy (non-hydrogen) atoms. The van der Waals surface area contributed by atoms with Crippen molar-refractivity contribution in [2.24, 2.45) is 11.3 Å². The van der Waals surface area contributed by atoms with Crippen molar-refractivity contribution in [3.05, 3.63) is 0 Å². The highest BCUT2D eigenvalue weighted by atomic mass is 16.3. The van der Waals surface area contributed by atoms with Crippen LogP contribution in [0.3, 0.4) is 0 Å². The van der Waals surface area contributed by atoms with Gasteiger partial charge in [-0.25, -0.2) is 0 Å². The average Bonchev–Trinajstić information content (AvgIpc) is 2.33. The maximum absolute atomic E-state index is 11.8. The van der Waals surface area contributed by atoms with Gasteiger partial charge in [-0.1, -0.05) is 27.7 Å². The van der Waals surface area contributed by atoms with E-state index in [1.54, 1.807) is 0 Å². The molecule has 1 amide bonds. The van der Waals surface area contributed by atoms with Crippen LogP contribution >= 0.6 is 0 Å². The third-order valence-corrected chi connectivity index (χ3v) is 3.83. The number of carbonyl (C=O) groups excluding carboxylic acids is 1. The topological polar surface area (TPSA) is 49.3 Å². The smallest absolute Gasteiger partial charge is 0.223 e. The molecule has 96 valence electrons. The molecule has 0 aliphatic carbocycles. The minimum Gasteiger partial charge on any atom is -0.396 e. The van der Waals surface area contributed by atoms with Crippen LogP contribution in [-0.2, 0) is 4.79 Å². The summed E-state index contributed by atoms with van der Waals surface area (Å²) in [6.45, 7) is 8.92. The Morgan fingerprint density at radius 1 is 1.19 bits per heavy atom. The first-order chi connectivity index (χ1) is 7.59. The molecule has 0 saturated carbocycles. The predicted octanol–water partition coefficient (Wildman–Crippen LogP) is 2.34. The second kappa shape index (κ2) is 7.66. The normalized spacial score (nSPS) is 11.9. The second-order valence-electron chi connectivity index (χ2n) is 4.60. The summed E-state index contributed by atoms with van der Waals surface area (Å²) in [6.07, 6.45) is 3.55. The summed E-state index contributed by atoms with van der Waals surface area (Å²) in [4.78, 5) is 11.8. The molecule has 0 saturated heterocycles. The minimum absolute atomic E-state index is 0.116. The number of amides is 1. The van der Waals surface area contributed by atoms with E-state index in [0.29, 0.717) is 6.54 Å². The van der Waals surface area contributed by atoms with Crippen molar-refractivity contribution in [2.45, 2.75) is 53.4 Å². The molecule has 0 aliphatic heterocycles. The largest absolute Gasteiger partial charge is 0.396 e. The molecule has 0 atom stereocenters. The predicted molar refractivity (Wildman–Crippen MR) is 67.2 cm³/mol. The molecule has 3 heteroatoms. The third-order valence-electron chi connectivity index (χ3n) is 3.83. The summed E-state index contributed by atoms with van der Waals surface area (Å²) in [5.74, 6) is 0.245. The summed E-state index contributed by atoms with van der Waals surface area (Å²) < 4.78 is 0. The van der Waals surface area contributed by atoms with Crippen LogP contribution in [0, 0.1) is 11.3 Å². The molecule has 0 rings (SSSR count). The van der Waals surface area contributed by atoms with E-state index in [2.05, 4.69) is 19.2 Å². The number of aliphatic hydroxyl groups excluding tert-OH is 1. The Labute approximate surface area is 99.6 Å². The van der Waals surface area contributed by atoms with E-state index < -0.39 is 0 Å². The maximum Gasteiger partial charge on any atom is 0.223 e. The first-order valence-corrected chi connectivity index (χ1v) is 6.47. The summed E-state index contributed by atoms with van der Waals surface area (Å²) in [7, 11) is 0. The summed E-state index contributed by atoms with van der Waals surface area (Å²) in [5, 5.41) is 12.4. The number of aliphatic hydroxyl groups is 1. The number of hydrogen-bond donors (Lipinski definition) is 2. The number of carbonyl (C=O) groups is 1. The number of nitrogens with one attached hydrogen (secondary N) is 1. The Hall–Kier alpha value is -0.570. The Morgan fingerprint density at radius 2 is 1.69 bits per heavy atom. The van der Waals surface area contributed by atoms with Gasteiger partial charge in [0.2, 0.25) is 5.91 Å². The van der Waals surface area contributed by atoms with Crippen LogP contribution in [0.25, 0.3) is 0 Å². The minimum atomic E-state index is -0.137. The molecule has 2 N–H and O–H groups in total. The molecule has 0 aromatic heterocycles. The lowest BCUT2D eigenvalue weighted by atomic mass is 9.83. The zero-order chi connectivity index (χ0) is 12.6. The van der Waals surface area contributed by atoms with E-state index in [-0.39, 0.29) is 23.8 Å². The van der Waals surface area contributed by atoms with Gasteiger partial charge in [0.25, 0.3) is 0 Å². The molecule has 0 spiro atoms. The number of hydrogen-bond acceptors (Lipinski definition) is 2. The molecular weight excluding hydrogens is 202 g/mol. The van der Waals surface area contributed by atoms with Crippen LogP contribution in [-0.4, -0.2) is 24.2 Å². The van der Waals surface area contributed by atoms with Crippen molar-refractivity contribution in [1.82, 2.24) is 5.32 Å². The molecule has 0 heterocycles. The lowest BCUT2D eigenvalue weighted by Crippen LogP contribution is -2.41. The first kappa shape index (κ1) is 15.4. The fourth-order valence-corrected chi connectivity index (χ4v) is 1.86. The van der Waals surface area contributed by atoms with Gasteiger partial charge in [0, 0.05) is 17.9 Å². The van der Waals surface area contributed by atoms with E-state index in [4.69, 9.17) is 0 Å². The Balaban J connectivity index is 4.25. The van der Waals surface area contributed by atoms with Gasteiger partial charge < -0.3 is 10.4 Å². The van der Waals surface area contributed by atoms with E-state index >= 15 is 0 Å². The molecule has 0 unspecified atom stereocenters. The zero-order valence-corrected chi connectivity index (χ0v) is 11.2. The molecule has 0 fully saturated rings. The monoisotopic (exact) mass is 229 g/mol. The van der Waals surface area contributed by atoms with Gasteiger partial charge >= 0.3 is 0 Å². The lowest BCUT2D eigenvalue weighted by Gasteiger charge is -2.30. The van der Waals surface area contributed by atoms with Crippen molar-refractivity contribution in [1.29, 1.82) is 0 Å². The van der Waals surface area contributed by atoms with Gasteiger partial charge in [-0.3, -0.25) is 4.79 Å². The highest BCUT2D eigenvalue weighted by Gasteiger charge is 2.26. The van der Waals surface area contributed by atoms with Crippen LogP contribution in [0.1, 0.15) is 53.4 Å². The zero-order valence-electron chi connectivity index (χ0n) is 11.2. The quantitative estimate of drug-likeness (QED) is 0.671. The lowest BCUT2D eigenvalue weighted by molar-refractivity contribution is -0.125. The molecular formula is C13H27NO2. The summed E-state index contributed by atoms with van der Waals surface area (Å²) >= 11 is 0. The van der Waals surface area contributed by atoms with E-state index in [1.165, 1.54) is 0 Å². The number of rotatable bonds is 8. The van der Waals surface area contributed by atoms with Gasteiger partial charge in [0.1, 0.15) is 0 Å². The first-order valence-electron chi connectivity index (χ1n) is 6.47. The van der Waals surface area contributed by atoms with Crippen molar-refractivity contribution >= 4 is 5.91 Å². The standard InChI is InChI=1S/C13H27NO2/c1-5-11(6-2)12(16)14-9-13(7-3,8-4)10-15/h11,15H,5-10H2,1-4H3,(H,14,16). The van der Waals surface area contributed by atoms with Crippen molar-refractivity contribution in [3.8, 4) is 0 Å². The molecule has 0 bridgehead atoms. The highest BCUT2D eigenvalue weighted by Crippen LogP contribution is 2.24. The van der Waals surface area contributed by atoms with Crippen LogP contribution in [0.15, 0.2) is 0 Å². The van der Waals surface area contributed by atoms with Crippen LogP contribution < -0.4 is 5.32 Å². The molecule has 0 radical (unpaired) electrons. The average molecular weight is 229 g/mol. The molecule has 0 aliphatic rings. The van der Waals surface area contributed by atoms with Crippen molar-refractivity contribution in [3.63, 3.8) is 0 Å². The van der Waals surface area contributed by atoms with E-state index in [1.807, 2.05) is 13.8 Å². The Bertz CT molecular complexity index is 188. The molecule has 0 aromatic rings. The van der Waals surface area contributed by atoms with Crippen LogP contribution in [0.2, 0.25) is 0 Å². The molecule has 0 aromatic carbocycles. The van der Waals surface area contributed by atoms with Gasteiger partial charge in [-0.2, -0.15) is 0 Å². The fraction of sp³-hybridized carbons (Fsp3) is 0.923. The van der Waals surface area contributed by atoms with Crippen LogP contribution in [0.4, 0.5) is 0 Å². The Morgan fingerprint density at radius 3 is 2.00 bits per heavy atom.